The highest BCUT2D eigenvalue weighted by atomic mass is 32.1. The van der Waals surface area contributed by atoms with E-state index in [1.807, 2.05) is 0 Å². The van der Waals surface area contributed by atoms with Gasteiger partial charge in [0, 0.05) is 17.9 Å². The van der Waals surface area contributed by atoms with Gasteiger partial charge in [-0.15, -0.1) is 0 Å². The minimum absolute atomic E-state index is 0.0675. The van der Waals surface area contributed by atoms with Crippen LogP contribution in [0.15, 0.2) is 24.3 Å². The lowest BCUT2D eigenvalue weighted by Gasteiger charge is -2.12. The van der Waals surface area contributed by atoms with E-state index in [0.717, 1.165) is 0 Å². The molecule has 8 nitrogen and oxygen atoms in total. The average Bonchev–Trinajstić information content (AvgIpc) is 2.42. The number of ether oxygens (including phenoxy) is 1. The molecule has 9 heteroatoms. The number of aliphatic carboxylic acids is 1. The number of hydrogen-bond acceptors (Lipinski definition) is 6. The Morgan fingerprint density at radius 1 is 1.40 bits per heavy atom. The normalized spacial score (nSPS) is 11.4. The molecular weight excluding hydrogens is 288 g/mol. The number of nitro benzene ring substituents is 1. The largest absolute Gasteiger partial charge is 0.480 e. The average molecular weight is 300 g/mol. The molecule has 0 aliphatic carbocycles. The van der Waals surface area contributed by atoms with Crippen molar-refractivity contribution in [1.29, 1.82) is 0 Å². The fourth-order valence-corrected chi connectivity index (χ4v) is 1.48. The van der Waals surface area contributed by atoms with Gasteiger partial charge in [0.1, 0.15) is 12.6 Å². The third kappa shape index (κ3) is 4.76. The Kier molecular flexibility index (Phi) is 5.78. The number of hydrogen-bond donors (Lipinski definition) is 3. The number of thiol groups is 1. The Bertz CT molecular complexity index is 504. The molecule has 0 radical (unpaired) electrons. The van der Waals surface area contributed by atoms with Crippen molar-refractivity contribution in [3.8, 4) is 0 Å². The molecule has 108 valence electrons. The van der Waals surface area contributed by atoms with E-state index < -0.39 is 23.0 Å². The number of nitro groups is 1. The fraction of sp³-hybridized carbons (Fsp3) is 0.273. The van der Waals surface area contributed by atoms with Crippen molar-refractivity contribution in [3.63, 3.8) is 0 Å². The molecule has 0 aliphatic rings. The van der Waals surface area contributed by atoms with E-state index in [-0.39, 0.29) is 18.0 Å². The van der Waals surface area contributed by atoms with Crippen LogP contribution in [-0.4, -0.2) is 33.9 Å². The molecule has 0 unspecified atom stereocenters. The first kappa shape index (κ1) is 15.8. The zero-order valence-corrected chi connectivity index (χ0v) is 11.1. The number of non-ortho nitro benzene ring substituents is 1. The summed E-state index contributed by atoms with van der Waals surface area (Å²) in [4.78, 5) is 31.9. The molecular formula is C11H12N2O6S. The summed E-state index contributed by atoms with van der Waals surface area (Å²) in [7, 11) is 0. The van der Waals surface area contributed by atoms with Crippen LogP contribution in [0, 0.1) is 10.1 Å². The summed E-state index contributed by atoms with van der Waals surface area (Å²) in [6.07, 6.45) is -0.898. The van der Waals surface area contributed by atoms with Crippen LogP contribution >= 0.6 is 12.6 Å². The molecule has 0 saturated heterocycles. The number of rotatable bonds is 6. The van der Waals surface area contributed by atoms with Gasteiger partial charge < -0.3 is 15.2 Å². The van der Waals surface area contributed by atoms with Gasteiger partial charge in [-0.2, -0.15) is 12.6 Å². The first-order chi connectivity index (χ1) is 9.43. The molecule has 1 aromatic rings. The first-order valence-electron chi connectivity index (χ1n) is 5.44. The number of carbonyl (C=O) groups excluding carboxylic acids is 1. The van der Waals surface area contributed by atoms with Gasteiger partial charge in [0.15, 0.2) is 0 Å². The second-order valence-corrected chi connectivity index (χ2v) is 4.08. The number of carboxylic acid groups (broad SMARTS) is 1. The van der Waals surface area contributed by atoms with Crippen LogP contribution in [0.25, 0.3) is 0 Å². The minimum Gasteiger partial charge on any atom is -0.480 e. The van der Waals surface area contributed by atoms with Gasteiger partial charge in [0.05, 0.1) is 4.92 Å². The summed E-state index contributed by atoms with van der Waals surface area (Å²) in [6.45, 7) is -0.122. The Morgan fingerprint density at radius 2 is 2.00 bits per heavy atom. The molecule has 2 N–H and O–H groups in total. The maximum absolute atomic E-state index is 11.3. The van der Waals surface area contributed by atoms with Gasteiger partial charge in [0.2, 0.25) is 0 Å². The zero-order valence-electron chi connectivity index (χ0n) is 10.2. The second-order valence-electron chi connectivity index (χ2n) is 3.72. The number of amides is 1. The van der Waals surface area contributed by atoms with Crippen molar-refractivity contribution in [2.24, 2.45) is 0 Å². The van der Waals surface area contributed by atoms with Gasteiger partial charge >= 0.3 is 12.1 Å². The summed E-state index contributed by atoms with van der Waals surface area (Å²) in [5.74, 6) is -1.28. The number of carboxylic acids is 1. The monoisotopic (exact) mass is 300 g/mol. The lowest BCUT2D eigenvalue weighted by Crippen LogP contribution is -2.42. The smallest absolute Gasteiger partial charge is 0.408 e. The number of nitrogens with one attached hydrogen (secondary N) is 1. The van der Waals surface area contributed by atoms with Crippen molar-refractivity contribution in [2.45, 2.75) is 12.6 Å². The molecule has 1 aromatic carbocycles. The number of carbonyl (C=O) groups is 2. The van der Waals surface area contributed by atoms with E-state index in [2.05, 4.69) is 17.9 Å². The maximum Gasteiger partial charge on any atom is 0.408 e. The summed E-state index contributed by atoms with van der Waals surface area (Å²) in [5.41, 5.74) is 0.475. The lowest BCUT2D eigenvalue weighted by molar-refractivity contribution is -0.384. The molecule has 1 amide bonds. The third-order valence-electron chi connectivity index (χ3n) is 2.29. The molecule has 1 atom stereocenters. The molecule has 0 bridgehead atoms. The van der Waals surface area contributed by atoms with Crippen LogP contribution in [0.4, 0.5) is 10.5 Å². The van der Waals surface area contributed by atoms with E-state index in [9.17, 15) is 19.7 Å². The van der Waals surface area contributed by atoms with Crippen LogP contribution in [0.1, 0.15) is 5.56 Å². The van der Waals surface area contributed by atoms with E-state index in [0.29, 0.717) is 5.56 Å². The van der Waals surface area contributed by atoms with Crippen molar-refractivity contribution >= 4 is 30.4 Å². The van der Waals surface area contributed by atoms with Gasteiger partial charge in [-0.1, -0.05) is 0 Å². The molecule has 1 rings (SSSR count). The molecule has 0 heterocycles. The van der Waals surface area contributed by atoms with Crippen LogP contribution in [0.5, 0.6) is 0 Å². The predicted octanol–water partition coefficient (Wildman–Crippen LogP) is 1.20. The predicted molar refractivity (Wildman–Crippen MR) is 71.7 cm³/mol. The molecule has 0 fully saturated rings. The second kappa shape index (κ2) is 7.34. The van der Waals surface area contributed by atoms with E-state index in [1.165, 1.54) is 24.3 Å². The molecule has 0 aliphatic heterocycles. The minimum atomic E-state index is -1.22. The topological polar surface area (TPSA) is 119 Å². The molecule has 0 saturated carbocycles. The van der Waals surface area contributed by atoms with Gasteiger partial charge in [-0.25, -0.2) is 9.59 Å². The Hall–Kier alpha value is -2.29. The Labute approximate surface area is 119 Å². The van der Waals surface area contributed by atoms with Crippen molar-refractivity contribution in [1.82, 2.24) is 5.32 Å². The Balaban J connectivity index is 2.48. The van der Waals surface area contributed by atoms with Crippen molar-refractivity contribution in [3.05, 3.63) is 39.9 Å². The summed E-state index contributed by atoms with van der Waals surface area (Å²) < 4.78 is 4.79. The first-order valence-corrected chi connectivity index (χ1v) is 6.07. The summed E-state index contributed by atoms with van der Waals surface area (Å²) in [5, 5.41) is 21.3. The van der Waals surface area contributed by atoms with E-state index >= 15 is 0 Å². The Morgan fingerprint density at radius 3 is 2.45 bits per heavy atom. The number of nitrogens with zero attached hydrogens (tertiary/aromatic N) is 1. The lowest BCUT2D eigenvalue weighted by atomic mass is 10.2. The highest BCUT2D eigenvalue weighted by Crippen LogP contribution is 2.12. The quantitative estimate of drug-likeness (QED) is 0.412. The van der Waals surface area contributed by atoms with Crippen LogP contribution < -0.4 is 5.32 Å². The van der Waals surface area contributed by atoms with Gasteiger partial charge in [-0.05, 0) is 17.7 Å². The number of alkyl carbamates (subject to hydrolysis) is 1. The van der Waals surface area contributed by atoms with E-state index in [1.54, 1.807) is 0 Å². The van der Waals surface area contributed by atoms with Crippen molar-refractivity contribution in [2.75, 3.05) is 5.75 Å². The van der Waals surface area contributed by atoms with Crippen LogP contribution in [0.3, 0.4) is 0 Å². The van der Waals surface area contributed by atoms with Crippen molar-refractivity contribution < 1.29 is 24.4 Å². The number of benzene rings is 1. The van der Waals surface area contributed by atoms with Crippen LogP contribution in [0.2, 0.25) is 0 Å². The third-order valence-corrected chi connectivity index (χ3v) is 2.65. The summed E-state index contributed by atoms with van der Waals surface area (Å²) >= 11 is 3.78. The maximum atomic E-state index is 11.3. The van der Waals surface area contributed by atoms with E-state index in [4.69, 9.17) is 9.84 Å². The zero-order chi connectivity index (χ0) is 15.1. The highest BCUT2D eigenvalue weighted by Gasteiger charge is 2.18. The highest BCUT2D eigenvalue weighted by molar-refractivity contribution is 7.80. The van der Waals surface area contributed by atoms with Gasteiger partial charge in [0.25, 0.3) is 5.69 Å². The van der Waals surface area contributed by atoms with Gasteiger partial charge in [-0.3, -0.25) is 10.1 Å². The molecule has 0 aromatic heterocycles. The molecule has 20 heavy (non-hydrogen) atoms. The fourth-order valence-electron chi connectivity index (χ4n) is 1.23. The van der Waals surface area contributed by atoms with Crippen LogP contribution in [-0.2, 0) is 16.1 Å². The molecule has 0 spiro atoms. The summed E-state index contributed by atoms with van der Waals surface area (Å²) in [6, 6.07) is 4.31. The SMILES string of the molecule is O=C(N[C@H](CS)C(=O)O)OCc1ccc([N+](=O)[O-])cc1. The standard InChI is InChI=1S/C11H12N2O6S/c14-10(15)9(6-20)12-11(16)19-5-7-1-3-8(4-2-7)13(17)18/h1-4,9,20H,5-6H2,(H,12,16)(H,14,15)/t9-/m1/s1.